The number of thiazole rings is 1. The van der Waals surface area contributed by atoms with Crippen LogP contribution >= 0.6 is 22.7 Å². The molecule has 34 heavy (non-hydrogen) atoms. The summed E-state index contributed by atoms with van der Waals surface area (Å²) in [5.41, 5.74) is 2.74. The summed E-state index contributed by atoms with van der Waals surface area (Å²) in [7, 11) is 0. The number of carbonyl (C=O) groups is 2. The molecule has 0 fully saturated rings. The van der Waals surface area contributed by atoms with E-state index in [9.17, 15) is 9.59 Å². The molecule has 0 aliphatic carbocycles. The highest BCUT2D eigenvalue weighted by molar-refractivity contribution is 7.22. The number of thiophene rings is 1. The zero-order chi connectivity index (χ0) is 24.3. The lowest BCUT2D eigenvalue weighted by atomic mass is 9.99. The Balaban J connectivity index is 1.62. The molecule has 1 aliphatic rings. The number of benzene rings is 1. The fraction of sp³-hybridized carbons (Fsp3) is 0.500. The van der Waals surface area contributed by atoms with Crippen LogP contribution in [-0.4, -0.2) is 45.6 Å². The van der Waals surface area contributed by atoms with E-state index in [2.05, 4.69) is 6.07 Å². The lowest BCUT2D eigenvalue weighted by Crippen LogP contribution is -2.39. The van der Waals surface area contributed by atoms with Crippen LogP contribution in [0.5, 0.6) is 0 Å². The number of aliphatic hydroxyl groups is 1. The van der Waals surface area contributed by atoms with Gasteiger partial charge >= 0.3 is 6.09 Å². The number of fused-ring (bicyclic) bond motifs is 2. The third-order valence-corrected chi connectivity index (χ3v) is 8.03. The van der Waals surface area contributed by atoms with Crippen LogP contribution in [0.15, 0.2) is 24.3 Å². The van der Waals surface area contributed by atoms with Crippen molar-refractivity contribution < 1.29 is 19.4 Å². The highest BCUT2D eigenvalue weighted by atomic mass is 32.1. The van der Waals surface area contributed by atoms with Crippen LogP contribution in [0.3, 0.4) is 0 Å². The smallest absolute Gasteiger partial charge is 0.410 e. The lowest BCUT2D eigenvalue weighted by Gasteiger charge is -2.30. The van der Waals surface area contributed by atoms with Crippen molar-refractivity contribution in [2.24, 2.45) is 0 Å². The Morgan fingerprint density at radius 3 is 2.68 bits per heavy atom. The number of ether oxygens (including phenoxy) is 1. The van der Waals surface area contributed by atoms with E-state index in [4.69, 9.17) is 14.8 Å². The fourth-order valence-corrected chi connectivity index (χ4v) is 6.70. The van der Waals surface area contributed by atoms with Gasteiger partial charge < -0.3 is 14.7 Å². The summed E-state index contributed by atoms with van der Waals surface area (Å²) in [4.78, 5) is 34.3. The van der Waals surface area contributed by atoms with Crippen LogP contribution in [0.2, 0.25) is 0 Å². The average molecular weight is 501 g/mol. The highest BCUT2D eigenvalue weighted by Crippen LogP contribution is 2.43. The molecular weight excluding hydrogens is 468 g/mol. The number of aromatic nitrogens is 1. The maximum absolute atomic E-state index is 12.8. The molecule has 1 amide bonds. The minimum Gasteiger partial charge on any atom is -0.444 e. The van der Waals surface area contributed by atoms with E-state index >= 15 is 0 Å². The normalized spacial score (nSPS) is 13.8. The Kier molecular flexibility index (Phi) is 7.70. The Hall–Kier alpha value is -2.29. The topological polar surface area (TPSA) is 79.7 Å². The molecule has 2 aromatic heterocycles. The van der Waals surface area contributed by atoms with E-state index in [0.717, 1.165) is 56.2 Å². The maximum Gasteiger partial charge on any atom is 0.410 e. The van der Waals surface area contributed by atoms with Crippen LogP contribution in [0, 0.1) is 0 Å². The van der Waals surface area contributed by atoms with Crippen molar-refractivity contribution >= 4 is 44.8 Å². The maximum atomic E-state index is 12.8. The van der Waals surface area contributed by atoms with E-state index < -0.39 is 5.60 Å². The number of rotatable bonds is 8. The molecule has 0 saturated carbocycles. The van der Waals surface area contributed by atoms with Crippen molar-refractivity contribution in [2.45, 2.75) is 71.4 Å². The lowest BCUT2D eigenvalue weighted by molar-refractivity contribution is -0.118. The molecular formula is C26H32N2O4S2. The van der Waals surface area contributed by atoms with Gasteiger partial charge in [-0.3, -0.25) is 4.79 Å². The second-order valence-corrected chi connectivity index (χ2v) is 11.9. The van der Waals surface area contributed by atoms with Gasteiger partial charge in [-0.25, -0.2) is 9.78 Å². The zero-order valence-corrected chi connectivity index (χ0v) is 21.7. The highest BCUT2D eigenvalue weighted by Gasteiger charge is 2.31. The van der Waals surface area contributed by atoms with Crippen LogP contribution in [0.1, 0.15) is 61.8 Å². The molecule has 1 aromatic carbocycles. The first-order chi connectivity index (χ1) is 16.2. The van der Waals surface area contributed by atoms with Gasteiger partial charge in [-0.1, -0.05) is 18.6 Å². The number of Topliss-reactive ketones (excluding diaryl/α,β-unsaturated/α-hetero) is 1. The second kappa shape index (κ2) is 10.5. The fourth-order valence-electron chi connectivity index (χ4n) is 4.17. The van der Waals surface area contributed by atoms with E-state index in [1.165, 1.54) is 5.56 Å². The van der Waals surface area contributed by atoms with Crippen molar-refractivity contribution in [1.29, 1.82) is 0 Å². The first-order valence-electron chi connectivity index (χ1n) is 11.8. The number of hydrogen-bond acceptors (Lipinski definition) is 7. The van der Waals surface area contributed by atoms with Crippen molar-refractivity contribution in [2.75, 3.05) is 13.2 Å². The summed E-state index contributed by atoms with van der Waals surface area (Å²) < 4.78 is 6.72. The van der Waals surface area contributed by atoms with Crippen molar-refractivity contribution in [3.05, 3.63) is 39.6 Å². The average Bonchev–Trinajstić information content (AvgIpc) is 3.35. The minimum atomic E-state index is -0.535. The number of para-hydroxylation sites is 1. The van der Waals surface area contributed by atoms with Gasteiger partial charge in [0.2, 0.25) is 0 Å². The Bertz CT molecular complexity index is 1140. The van der Waals surface area contributed by atoms with E-state index in [0.29, 0.717) is 25.9 Å². The third kappa shape index (κ3) is 5.85. The van der Waals surface area contributed by atoms with Gasteiger partial charge in [-0.15, -0.1) is 22.7 Å². The first kappa shape index (κ1) is 24.8. The van der Waals surface area contributed by atoms with Crippen LogP contribution in [0.4, 0.5) is 4.79 Å². The van der Waals surface area contributed by atoms with Crippen LogP contribution in [-0.2, 0) is 28.9 Å². The Morgan fingerprint density at radius 1 is 1.15 bits per heavy atom. The zero-order valence-electron chi connectivity index (χ0n) is 20.1. The monoisotopic (exact) mass is 500 g/mol. The number of unbranched alkanes of at least 4 members (excludes halogenated alkanes) is 2. The van der Waals surface area contributed by atoms with Gasteiger partial charge in [0.15, 0.2) is 0 Å². The summed E-state index contributed by atoms with van der Waals surface area (Å²) in [5.74, 6) is 0.211. The first-order valence-corrected chi connectivity index (χ1v) is 13.5. The summed E-state index contributed by atoms with van der Waals surface area (Å²) in [6.07, 6.45) is 3.72. The van der Waals surface area contributed by atoms with Gasteiger partial charge in [-0.05, 0) is 57.7 Å². The van der Waals surface area contributed by atoms with Crippen LogP contribution in [0.25, 0.3) is 20.8 Å². The standard InChI is InChI=1S/C26H32N2O4S2/c1-26(2,3)32-25(31)28-13-12-18-22(16-28)33-21(15-17(30)9-5-4-8-14-29)23(18)24-27-19-10-6-7-11-20(19)34-24/h6-7,10-11,29H,4-5,8-9,12-16H2,1-3H3. The number of hydrogen-bond donors (Lipinski definition) is 1. The molecule has 4 rings (SSSR count). The van der Waals surface area contributed by atoms with Gasteiger partial charge in [0, 0.05) is 41.3 Å². The van der Waals surface area contributed by atoms with Gasteiger partial charge in [0.25, 0.3) is 0 Å². The molecule has 0 bridgehead atoms. The molecule has 1 aliphatic heterocycles. The SMILES string of the molecule is CC(C)(C)OC(=O)N1CCc2c(sc(CC(=O)CCCCCO)c2-c2nc3ccccc3s2)C1. The Labute approximate surface area is 208 Å². The van der Waals surface area contributed by atoms with Crippen molar-refractivity contribution in [1.82, 2.24) is 9.88 Å². The van der Waals surface area contributed by atoms with E-state index in [1.807, 2.05) is 39.0 Å². The molecule has 0 spiro atoms. The van der Waals surface area contributed by atoms with Gasteiger partial charge in [-0.2, -0.15) is 0 Å². The second-order valence-electron chi connectivity index (χ2n) is 9.69. The van der Waals surface area contributed by atoms with Crippen molar-refractivity contribution in [3.63, 3.8) is 0 Å². The summed E-state index contributed by atoms with van der Waals surface area (Å²) >= 11 is 3.29. The molecule has 3 aromatic rings. The minimum absolute atomic E-state index is 0.168. The number of amides is 1. The Morgan fingerprint density at radius 2 is 1.94 bits per heavy atom. The number of nitrogens with zero attached hydrogens (tertiary/aromatic N) is 2. The number of ketones is 1. The summed E-state index contributed by atoms with van der Waals surface area (Å²) in [6.45, 7) is 6.88. The predicted molar refractivity (Wildman–Crippen MR) is 138 cm³/mol. The van der Waals surface area contributed by atoms with Crippen molar-refractivity contribution in [3.8, 4) is 10.6 Å². The molecule has 8 heteroatoms. The summed E-state index contributed by atoms with van der Waals surface area (Å²) in [6, 6.07) is 8.10. The van der Waals surface area contributed by atoms with E-state index in [1.54, 1.807) is 27.6 Å². The van der Waals surface area contributed by atoms with Crippen LogP contribution < -0.4 is 0 Å². The molecule has 0 saturated heterocycles. The molecule has 3 heterocycles. The molecule has 0 atom stereocenters. The molecule has 0 unspecified atom stereocenters. The predicted octanol–water partition coefficient (Wildman–Crippen LogP) is 5.98. The largest absolute Gasteiger partial charge is 0.444 e. The molecule has 1 N–H and O–H groups in total. The molecule has 182 valence electrons. The summed E-state index contributed by atoms with van der Waals surface area (Å²) in [5, 5.41) is 9.93. The molecule has 6 nitrogen and oxygen atoms in total. The van der Waals surface area contributed by atoms with E-state index in [-0.39, 0.29) is 18.5 Å². The van der Waals surface area contributed by atoms with Gasteiger partial charge in [0.1, 0.15) is 16.4 Å². The molecule has 0 radical (unpaired) electrons. The van der Waals surface area contributed by atoms with Gasteiger partial charge in [0.05, 0.1) is 16.8 Å². The quantitative estimate of drug-likeness (QED) is 0.385. The number of aliphatic hydroxyl groups excluding tert-OH is 1. The third-order valence-electron chi connectivity index (χ3n) is 5.76. The number of carbonyl (C=O) groups excluding carboxylic acids is 2.